The van der Waals surface area contributed by atoms with Gasteiger partial charge in [-0.1, -0.05) is 0 Å². The Kier molecular flexibility index (Phi) is 2.12. The number of fused-ring (bicyclic) bond motifs is 1. The van der Waals surface area contributed by atoms with Crippen molar-refractivity contribution in [1.82, 2.24) is 4.98 Å². The fraction of sp³-hybridized carbons (Fsp3) is 0.0909. The van der Waals surface area contributed by atoms with E-state index in [4.69, 9.17) is 5.73 Å². The summed E-state index contributed by atoms with van der Waals surface area (Å²) in [5.74, 6) is -0.503. The molecule has 17 heavy (non-hydrogen) atoms. The maximum Gasteiger partial charge on any atom is 0.228 e. The van der Waals surface area contributed by atoms with Gasteiger partial charge in [0.2, 0.25) is 5.91 Å². The zero-order valence-corrected chi connectivity index (χ0v) is 9.47. The zero-order chi connectivity index (χ0) is 12.0. The Balaban J connectivity index is 2.21. The lowest BCUT2D eigenvalue weighted by Crippen LogP contribution is -2.04. The predicted molar refractivity (Wildman–Crippen MR) is 64.3 cm³/mol. The van der Waals surface area contributed by atoms with Crippen molar-refractivity contribution in [2.24, 2.45) is 0 Å². The normalized spacial score (nSPS) is 13.6. The smallest absolute Gasteiger partial charge is 0.228 e. The summed E-state index contributed by atoms with van der Waals surface area (Å²) in [6.07, 6.45) is 0.208. The molecule has 1 aliphatic heterocycles. The molecule has 86 valence electrons. The number of halogens is 1. The summed E-state index contributed by atoms with van der Waals surface area (Å²) < 4.78 is 13.4. The van der Waals surface area contributed by atoms with Gasteiger partial charge in [0.25, 0.3) is 0 Å². The SMILES string of the molecule is Nc1nc(-c2cc(F)cc3c2NC(=O)C3)cs1. The first-order chi connectivity index (χ1) is 8.13. The third kappa shape index (κ3) is 1.66. The van der Waals surface area contributed by atoms with E-state index in [0.29, 0.717) is 27.6 Å². The number of aromatic nitrogens is 1. The molecular formula is C11H8FN3OS. The monoisotopic (exact) mass is 249 g/mol. The first-order valence-electron chi connectivity index (χ1n) is 4.97. The van der Waals surface area contributed by atoms with E-state index in [1.54, 1.807) is 5.38 Å². The van der Waals surface area contributed by atoms with Gasteiger partial charge in [-0.2, -0.15) is 0 Å². The molecule has 4 nitrogen and oxygen atoms in total. The molecule has 6 heteroatoms. The van der Waals surface area contributed by atoms with Crippen LogP contribution < -0.4 is 11.1 Å². The summed E-state index contributed by atoms with van der Waals surface area (Å²) in [6.45, 7) is 0. The molecule has 0 saturated heterocycles. The molecule has 0 aliphatic carbocycles. The number of anilines is 2. The number of nitrogen functional groups attached to an aromatic ring is 1. The fourth-order valence-electron chi connectivity index (χ4n) is 1.92. The molecule has 1 aromatic carbocycles. The summed E-state index contributed by atoms with van der Waals surface area (Å²) in [5.41, 5.74) is 8.03. The first-order valence-corrected chi connectivity index (χ1v) is 5.85. The van der Waals surface area contributed by atoms with E-state index in [2.05, 4.69) is 10.3 Å². The molecule has 3 N–H and O–H groups in total. The van der Waals surface area contributed by atoms with E-state index >= 15 is 0 Å². The second-order valence-corrected chi connectivity index (χ2v) is 4.67. The van der Waals surface area contributed by atoms with E-state index in [-0.39, 0.29) is 18.1 Å². The third-order valence-corrected chi connectivity index (χ3v) is 3.27. The largest absolute Gasteiger partial charge is 0.375 e. The topological polar surface area (TPSA) is 68.0 Å². The third-order valence-electron chi connectivity index (χ3n) is 2.60. The van der Waals surface area contributed by atoms with Crippen LogP contribution in [0.1, 0.15) is 5.56 Å². The van der Waals surface area contributed by atoms with E-state index in [0.717, 1.165) is 0 Å². The van der Waals surface area contributed by atoms with Crippen molar-refractivity contribution < 1.29 is 9.18 Å². The van der Waals surface area contributed by atoms with Crippen LogP contribution >= 0.6 is 11.3 Å². The molecule has 1 amide bonds. The number of benzene rings is 1. The number of rotatable bonds is 1. The van der Waals surface area contributed by atoms with Crippen molar-refractivity contribution in [3.63, 3.8) is 0 Å². The van der Waals surface area contributed by atoms with Gasteiger partial charge in [0.15, 0.2) is 5.13 Å². The minimum atomic E-state index is -0.373. The highest BCUT2D eigenvalue weighted by Gasteiger charge is 2.23. The van der Waals surface area contributed by atoms with Gasteiger partial charge in [0, 0.05) is 10.9 Å². The highest BCUT2D eigenvalue weighted by atomic mass is 32.1. The average molecular weight is 249 g/mol. The van der Waals surface area contributed by atoms with Crippen LogP contribution in [0.2, 0.25) is 0 Å². The Morgan fingerprint density at radius 1 is 1.47 bits per heavy atom. The van der Waals surface area contributed by atoms with E-state index in [1.165, 1.54) is 23.5 Å². The average Bonchev–Trinajstić information content (AvgIpc) is 2.82. The van der Waals surface area contributed by atoms with Gasteiger partial charge in [0.1, 0.15) is 5.82 Å². The molecule has 0 spiro atoms. The maximum absolute atomic E-state index is 13.4. The quantitative estimate of drug-likeness (QED) is 0.812. The van der Waals surface area contributed by atoms with Crippen molar-refractivity contribution in [3.8, 4) is 11.3 Å². The second-order valence-electron chi connectivity index (χ2n) is 3.78. The predicted octanol–water partition coefficient (Wildman–Crippen LogP) is 2.03. The number of nitrogens with zero attached hydrogens (tertiary/aromatic N) is 1. The summed E-state index contributed by atoms with van der Waals surface area (Å²) in [4.78, 5) is 15.4. The van der Waals surface area contributed by atoms with E-state index < -0.39 is 0 Å². The molecular weight excluding hydrogens is 241 g/mol. The molecule has 3 rings (SSSR count). The van der Waals surface area contributed by atoms with Crippen LogP contribution in [-0.2, 0) is 11.2 Å². The number of amides is 1. The van der Waals surface area contributed by atoms with Crippen LogP contribution in [0.3, 0.4) is 0 Å². The van der Waals surface area contributed by atoms with Crippen molar-refractivity contribution in [3.05, 3.63) is 28.9 Å². The van der Waals surface area contributed by atoms with Gasteiger partial charge >= 0.3 is 0 Å². The summed E-state index contributed by atoms with van der Waals surface area (Å²) >= 11 is 1.28. The number of carbonyl (C=O) groups is 1. The first kappa shape index (κ1) is 10.2. The Morgan fingerprint density at radius 3 is 3.00 bits per heavy atom. The number of thiazole rings is 1. The van der Waals surface area contributed by atoms with Gasteiger partial charge in [0.05, 0.1) is 17.8 Å². The van der Waals surface area contributed by atoms with Gasteiger partial charge in [-0.15, -0.1) is 11.3 Å². The summed E-state index contributed by atoms with van der Waals surface area (Å²) in [6, 6.07) is 2.73. The number of nitrogens with one attached hydrogen (secondary N) is 1. The van der Waals surface area contributed by atoms with Crippen molar-refractivity contribution in [2.75, 3.05) is 11.1 Å². The minimum Gasteiger partial charge on any atom is -0.375 e. The Bertz CT molecular complexity index is 623. The number of nitrogens with two attached hydrogens (primary N) is 1. The molecule has 0 fully saturated rings. The van der Waals surface area contributed by atoms with Gasteiger partial charge in [-0.3, -0.25) is 4.79 Å². The van der Waals surface area contributed by atoms with Crippen LogP contribution in [-0.4, -0.2) is 10.9 Å². The van der Waals surface area contributed by atoms with Crippen LogP contribution in [0, 0.1) is 5.82 Å². The fourth-order valence-corrected chi connectivity index (χ4v) is 2.48. The van der Waals surface area contributed by atoms with Gasteiger partial charge < -0.3 is 11.1 Å². The lowest BCUT2D eigenvalue weighted by molar-refractivity contribution is -0.115. The Morgan fingerprint density at radius 2 is 2.29 bits per heavy atom. The van der Waals surface area contributed by atoms with Crippen LogP contribution in [0.5, 0.6) is 0 Å². The molecule has 0 unspecified atom stereocenters. The standard InChI is InChI=1S/C11H8FN3OS/c12-6-1-5-2-9(16)15-10(5)7(3-6)8-4-17-11(13)14-8/h1,3-4H,2H2,(H2,13,14)(H,15,16). The highest BCUT2D eigenvalue weighted by Crippen LogP contribution is 2.36. The molecule has 0 bridgehead atoms. The van der Waals surface area contributed by atoms with Crippen LogP contribution in [0.15, 0.2) is 17.5 Å². The zero-order valence-electron chi connectivity index (χ0n) is 8.66. The molecule has 0 atom stereocenters. The molecule has 1 aliphatic rings. The molecule has 0 radical (unpaired) electrons. The van der Waals surface area contributed by atoms with Crippen LogP contribution in [0.25, 0.3) is 11.3 Å². The number of hydrogen-bond acceptors (Lipinski definition) is 4. The van der Waals surface area contributed by atoms with Crippen molar-refractivity contribution >= 4 is 28.1 Å². The Hall–Kier alpha value is -1.95. The van der Waals surface area contributed by atoms with Gasteiger partial charge in [-0.05, 0) is 17.7 Å². The second kappa shape index (κ2) is 3.53. The molecule has 2 aromatic rings. The van der Waals surface area contributed by atoms with E-state index in [9.17, 15) is 9.18 Å². The molecule has 2 heterocycles. The van der Waals surface area contributed by atoms with E-state index in [1.807, 2.05) is 0 Å². The lowest BCUT2D eigenvalue weighted by atomic mass is 10.1. The molecule has 1 aromatic heterocycles. The lowest BCUT2D eigenvalue weighted by Gasteiger charge is -2.05. The van der Waals surface area contributed by atoms with Gasteiger partial charge in [-0.25, -0.2) is 9.37 Å². The maximum atomic E-state index is 13.4. The summed E-state index contributed by atoms with van der Waals surface area (Å²) in [7, 11) is 0. The van der Waals surface area contributed by atoms with Crippen molar-refractivity contribution in [1.29, 1.82) is 0 Å². The number of hydrogen-bond donors (Lipinski definition) is 2. The van der Waals surface area contributed by atoms with Crippen LogP contribution in [0.4, 0.5) is 15.2 Å². The molecule has 0 saturated carbocycles. The number of carbonyl (C=O) groups excluding carboxylic acids is 1. The highest BCUT2D eigenvalue weighted by molar-refractivity contribution is 7.13. The summed E-state index contributed by atoms with van der Waals surface area (Å²) in [5, 5.41) is 4.88. The Labute approximate surface area is 100 Å². The minimum absolute atomic E-state index is 0.130. The van der Waals surface area contributed by atoms with Crippen molar-refractivity contribution in [2.45, 2.75) is 6.42 Å².